The number of carboxylic acids is 2. The Labute approximate surface area is 187 Å². The van der Waals surface area contributed by atoms with E-state index in [1.807, 2.05) is 9.80 Å². The predicted molar refractivity (Wildman–Crippen MR) is 118 cm³/mol. The number of rotatable bonds is 7. The second kappa shape index (κ2) is 8.68. The number of nitrogens with one attached hydrogen (secondary N) is 3. The number of amides is 1. The molecule has 3 heterocycles. The highest BCUT2D eigenvalue weighted by Crippen LogP contribution is 2.32. The molecule has 1 unspecified atom stereocenters. The van der Waals surface area contributed by atoms with E-state index in [1.165, 1.54) is 0 Å². The standard InChI is InChI=1S/C20H23N7O6/c21-20-24-16-15(18(31)25-20)27-9-26(8-12(27)7-22-16)11-3-1-10(2-4-11)17(30)23-13(19(32)33)5-6-14(28)29/h1-4,12-13H,5-9H2,(H,23,30)(H,28,29)(H,32,33)(H4,21,22,24,25,31)/t12?,13-/m0/s1/i9-1. The number of hydrogen-bond acceptors (Lipinski definition) is 9. The summed E-state index contributed by atoms with van der Waals surface area (Å²) in [6.07, 6.45) is -0.583. The Balaban J connectivity index is 1.45. The minimum absolute atomic E-state index is 0.0394. The number of nitrogens with zero attached hydrogens (tertiary/aromatic N) is 3. The quantitative estimate of drug-likeness (QED) is 0.314. The number of aromatic amines is 1. The average molecular weight is 456 g/mol. The van der Waals surface area contributed by atoms with Crippen molar-refractivity contribution in [2.45, 2.75) is 24.9 Å². The molecular formula is C20H23N7O6. The minimum Gasteiger partial charge on any atom is -0.481 e. The van der Waals surface area contributed by atoms with E-state index in [0.717, 1.165) is 5.69 Å². The Morgan fingerprint density at radius 2 is 1.97 bits per heavy atom. The number of carboxylic acid groups (broad SMARTS) is 2. The molecule has 13 nitrogen and oxygen atoms in total. The van der Waals surface area contributed by atoms with Crippen molar-refractivity contribution in [3.63, 3.8) is 0 Å². The van der Waals surface area contributed by atoms with Gasteiger partial charge < -0.3 is 36.4 Å². The van der Waals surface area contributed by atoms with Gasteiger partial charge in [0.1, 0.15) is 11.7 Å². The molecule has 1 amide bonds. The molecule has 0 saturated carbocycles. The maximum absolute atomic E-state index is 12.4. The Kier molecular flexibility index (Phi) is 5.77. The topological polar surface area (TPSA) is 194 Å². The first-order valence-electron chi connectivity index (χ1n) is 10.2. The Morgan fingerprint density at radius 1 is 1.24 bits per heavy atom. The van der Waals surface area contributed by atoms with Crippen LogP contribution in [0.2, 0.25) is 0 Å². The first kappa shape index (κ1) is 21.9. The van der Waals surface area contributed by atoms with Crippen LogP contribution in [0.15, 0.2) is 29.1 Å². The SMILES string of the molecule is Nc1nc2c(c(=O)[nH]1)N1[11CH2]N(c3ccc(C(=O)N[C@@H](CCC(=O)O)C(=O)O)cc3)CC1CN2. The fourth-order valence-corrected chi connectivity index (χ4v) is 4.00. The smallest absolute Gasteiger partial charge is 0.326 e. The largest absolute Gasteiger partial charge is 0.481 e. The summed E-state index contributed by atoms with van der Waals surface area (Å²) < 4.78 is 0. The maximum Gasteiger partial charge on any atom is 0.326 e. The first-order valence-corrected chi connectivity index (χ1v) is 10.2. The van der Waals surface area contributed by atoms with Crippen LogP contribution < -0.4 is 31.7 Å². The molecule has 2 aromatic rings. The molecule has 2 aliphatic rings. The highest BCUT2D eigenvalue weighted by Gasteiger charge is 2.37. The number of nitrogen functional groups attached to an aromatic ring is 1. The molecule has 4 rings (SSSR count). The van der Waals surface area contributed by atoms with E-state index in [2.05, 4.69) is 20.6 Å². The van der Waals surface area contributed by atoms with Gasteiger partial charge in [0.25, 0.3) is 11.5 Å². The van der Waals surface area contributed by atoms with Crippen molar-refractivity contribution in [2.75, 3.05) is 40.6 Å². The van der Waals surface area contributed by atoms with Crippen molar-refractivity contribution in [1.82, 2.24) is 15.3 Å². The molecule has 2 aliphatic heterocycles. The maximum atomic E-state index is 12.4. The molecule has 0 bridgehead atoms. The molecule has 1 saturated heterocycles. The van der Waals surface area contributed by atoms with Crippen molar-refractivity contribution in [3.8, 4) is 0 Å². The van der Waals surface area contributed by atoms with Crippen LogP contribution in [0.3, 0.4) is 0 Å². The van der Waals surface area contributed by atoms with E-state index in [0.29, 0.717) is 31.3 Å². The normalized spacial score (nSPS) is 17.5. The molecule has 0 spiro atoms. The van der Waals surface area contributed by atoms with Crippen LogP contribution in [-0.4, -0.2) is 69.9 Å². The van der Waals surface area contributed by atoms with Gasteiger partial charge in [-0.15, -0.1) is 0 Å². The molecule has 13 heteroatoms. The van der Waals surface area contributed by atoms with E-state index in [4.69, 9.17) is 10.8 Å². The van der Waals surface area contributed by atoms with Crippen molar-refractivity contribution >= 4 is 41.0 Å². The third kappa shape index (κ3) is 4.51. The molecule has 1 fully saturated rings. The number of aromatic nitrogens is 2. The van der Waals surface area contributed by atoms with Crippen molar-refractivity contribution < 1.29 is 24.6 Å². The second-order valence-electron chi connectivity index (χ2n) is 7.86. The number of benzene rings is 1. The summed E-state index contributed by atoms with van der Waals surface area (Å²) >= 11 is 0. The number of anilines is 4. The molecule has 2 atom stereocenters. The summed E-state index contributed by atoms with van der Waals surface area (Å²) in [4.78, 5) is 57.5. The van der Waals surface area contributed by atoms with E-state index in [1.54, 1.807) is 24.3 Å². The van der Waals surface area contributed by atoms with Crippen molar-refractivity contribution in [3.05, 3.63) is 40.2 Å². The highest BCUT2D eigenvalue weighted by molar-refractivity contribution is 5.97. The fourth-order valence-electron chi connectivity index (χ4n) is 4.00. The Hall–Kier alpha value is -4.29. The third-order valence-electron chi connectivity index (χ3n) is 5.65. The number of fused-ring (bicyclic) bond motifs is 3. The van der Waals surface area contributed by atoms with Gasteiger partial charge in [0.2, 0.25) is 5.95 Å². The molecular weight excluding hydrogens is 433 g/mol. The molecule has 1 aromatic carbocycles. The number of nitrogens with two attached hydrogens (primary N) is 1. The summed E-state index contributed by atoms with van der Waals surface area (Å²) in [6, 6.07) is 5.35. The zero-order valence-electron chi connectivity index (χ0n) is 17.4. The lowest BCUT2D eigenvalue weighted by Gasteiger charge is -2.31. The van der Waals surface area contributed by atoms with Gasteiger partial charge in [-0.1, -0.05) is 0 Å². The summed E-state index contributed by atoms with van der Waals surface area (Å²) in [6.45, 7) is 1.67. The predicted octanol–water partition coefficient (Wildman–Crippen LogP) is -0.522. The van der Waals surface area contributed by atoms with Crippen LogP contribution in [0.4, 0.5) is 23.1 Å². The highest BCUT2D eigenvalue weighted by atomic mass is 16.4. The molecule has 33 heavy (non-hydrogen) atoms. The van der Waals surface area contributed by atoms with Gasteiger partial charge in [-0.25, -0.2) is 4.79 Å². The van der Waals surface area contributed by atoms with Crippen LogP contribution in [0.1, 0.15) is 23.2 Å². The summed E-state index contributed by atoms with van der Waals surface area (Å²) in [5, 5.41) is 23.4. The zero-order chi connectivity index (χ0) is 23.7. The molecule has 0 aliphatic carbocycles. The lowest BCUT2D eigenvalue weighted by atomic mass is 10.1. The Bertz CT molecular complexity index is 1150. The van der Waals surface area contributed by atoms with Gasteiger partial charge in [0.15, 0.2) is 5.82 Å². The van der Waals surface area contributed by atoms with Crippen molar-refractivity contribution in [1.29, 1.82) is 0 Å². The van der Waals surface area contributed by atoms with Crippen LogP contribution in [-0.2, 0) is 9.59 Å². The zero-order valence-corrected chi connectivity index (χ0v) is 17.4. The monoisotopic (exact) mass is 456 g/mol. The number of H-pyrrole nitrogens is 1. The average Bonchev–Trinajstić information content (AvgIpc) is 3.20. The molecule has 7 N–H and O–H groups in total. The summed E-state index contributed by atoms with van der Waals surface area (Å²) in [5.41, 5.74) is 6.81. The van der Waals surface area contributed by atoms with E-state index in [-0.39, 0.29) is 36.0 Å². The fraction of sp³-hybridized carbons (Fsp3) is 0.350. The van der Waals surface area contributed by atoms with E-state index >= 15 is 0 Å². The van der Waals surface area contributed by atoms with Gasteiger partial charge in [-0.2, -0.15) is 4.98 Å². The Morgan fingerprint density at radius 3 is 2.64 bits per heavy atom. The van der Waals surface area contributed by atoms with Crippen LogP contribution in [0.25, 0.3) is 0 Å². The van der Waals surface area contributed by atoms with Gasteiger partial charge in [0, 0.05) is 30.8 Å². The lowest BCUT2D eigenvalue weighted by Crippen LogP contribution is -2.44. The number of hydrogen-bond donors (Lipinski definition) is 6. The number of carbonyl (C=O) groups is 3. The van der Waals surface area contributed by atoms with E-state index < -0.39 is 23.9 Å². The first-order chi connectivity index (χ1) is 15.7. The molecule has 174 valence electrons. The third-order valence-corrected chi connectivity index (χ3v) is 5.65. The molecule has 1 aromatic heterocycles. The van der Waals surface area contributed by atoms with E-state index in [9.17, 15) is 24.3 Å². The van der Waals surface area contributed by atoms with Crippen LogP contribution in [0.5, 0.6) is 0 Å². The number of aliphatic carboxylic acids is 2. The summed E-state index contributed by atoms with van der Waals surface area (Å²) in [5.74, 6) is -2.55. The van der Waals surface area contributed by atoms with Gasteiger partial charge in [-0.05, 0) is 30.7 Å². The van der Waals surface area contributed by atoms with Gasteiger partial charge in [-0.3, -0.25) is 19.4 Å². The van der Waals surface area contributed by atoms with Crippen LogP contribution >= 0.6 is 0 Å². The number of carbonyl (C=O) groups excluding carboxylic acids is 1. The van der Waals surface area contributed by atoms with Gasteiger partial charge >= 0.3 is 11.9 Å². The van der Waals surface area contributed by atoms with Crippen molar-refractivity contribution in [2.24, 2.45) is 0 Å². The van der Waals surface area contributed by atoms with Gasteiger partial charge in [0.05, 0.1) is 12.7 Å². The second-order valence-corrected chi connectivity index (χ2v) is 7.86. The minimum atomic E-state index is -1.30. The molecule has 0 radical (unpaired) electrons. The summed E-state index contributed by atoms with van der Waals surface area (Å²) in [7, 11) is 0. The lowest BCUT2D eigenvalue weighted by molar-refractivity contribution is -0.140. The van der Waals surface area contributed by atoms with Crippen LogP contribution in [0, 0.1) is 0 Å².